The second-order valence-electron chi connectivity index (χ2n) is 15.1. The lowest BCUT2D eigenvalue weighted by molar-refractivity contribution is -0.302. The van der Waals surface area contributed by atoms with Crippen molar-refractivity contribution in [2.75, 3.05) is 13.2 Å². The molecule has 310 valence electrons. The number of hydrogen-bond acceptors (Lipinski definition) is 8. The van der Waals surface area contributed by atoms with Crippen molar-refractivity contribution >= 4 is 5.91 Å². The van der Waals surface area contributed by atoms with Gasteiger partial charge in [-0.3, -0.25) is 4.79 Å². The molecule has 0 aromatic carbocycles. The smallest absolute Gasteiger partial charge is 0.220 e. The Morgan fingerprint density at radius 3 is 1.66 bits per heavy atom. The van der Waals surface area contributed by atoms with Crippen LogP contribution in [0, 0.1) is 0 Å². The van der Waals surface area contributed by atoms with Gasteiger partial charge in [-0.15, -0.1) is 0 Å². The summed E-state index contributed by atoms with van der Waals surface area (Å²) in [5, 5.41) is 54.1. The molecule has 0 bridgehead atoms. The highest BCUT2D eigenvalue weighted by Gasteiger charge is 2.44. The van der Waals surface area contributed by atoms with E-state index >= 15 is 0 Å². The van der Waals surface area contributed by atoms with E-state index in [9.17, 15) is 30.3 Å². The number of aliphatic hydroxyl groups excluding tert-OH is 5. The van der Waals surface area contributed by atoms with E-state index in [4.69, 9.17) is 9.47 Å². The number of carbonyl (C=O) groups is 1. The fraction of sp³-hybridized carbons (Fsp3) is 0.841. The quantitative estimate of drug-likeness (QED) is 0.0279. The Labute approximate surface area is 323 Å². The molecule has 0 aromatic rings. The first kappa shape index (κ1) is 49.4. The molecule has 1 aliphatic rings. The highest BCUT2D eigenvalue weighted by Crippen LogP contribution is 2.22. The summed E-state index contributed by atoms with van der Waals surface area (Å²) < 4.78 is 11.2. The van der Waals surface area contributed by atoms with Gasteiger partial charge in [-0.25, -0.2) is 0 Å². The fourth-order valence-corrected chi connectivity index (χ4v) is 6.65. The predicted octanol–water partition coefficient (Wildman–Crippen LogP) is 8.50. The number of carbonyl (C=O) groups excluding carboxylic acids is 1. The van der Waals surface area contributed by atoms with Gasteiger partial charge in [-0.05, 0) is 51.4 Å². The van der Waals surface area contributed by atoms with Gasteiger partial charge in [-0.1, -0.05) is 159 Å². The van der Waals surface area contributed by atoms with Gasteiger partial charge >= 0.3 is 0 Å². The Morgan fingerprint density at radius 1 is 0.642 bits per heavy atom. The van der Waals surface area contributed by atoms with Crippen LogP contribution >= 0.6 is 0 Å². The molecule has 0 saturated carbocycles. The van der Waals surface area contributed by atoms with Gasteiger partial charge < -0.3 is 40.3 Å². The van der Waals surface area contributed by atoms with Gasteiger partial charge in [0.05, 0.1) is 25.4 Å². The van der Waals surface area contributed by atoms with Gasteiger partial charge in [-0.2, -0.15) is 0 Å². The van der Waals surface area contributed by atoms with Gasteiger partial charge in [0.15, 0.2) is 6.29 Å². The first-order chi connectivity index (χ1) is 25.8. The Bertz CT molecular complexity index is 925. The molecule has 0 radical (unpaired) electrons. The third-order valence-electron chi connectivity index (χ3n) is 10.2. The first-order valence-electron chi connectivity index (χ1n) is 21.7. The molecule has 53 heavy (non-hydrogen) atoms. The van der Waals surface area contributed by atoms with E-state index in [2.05, 4.69) is 43.5 Å². The van der Waals surface area contributed by atoms with E-state index in [0.717, 1.165) is 57.8 Å². The summed E-state index contributed by atoms with van der Waals surface area (Å²) in [5.41, 5.74) is 0. The lowest BCUT2D eigenvalue weighted by Gasteiger charge is -2.40. The molecule has 9 nitrogen and oxygen atoms in total. The van der Waals surface area contributed by atoms with Crippen molar-refractivity contribution in [2.24, 2.45) is 0 Å². The minimum Gasteiger partial charge on any atom is -0.394 e. The van der Waals surface area contributed by atoms with Gasteiger partial charge in [0.25, 0.3) is 0 Å². The summed E-state index contributed by atoms with van der Waals surface area (Å²) in [5.74, 6) is -0.187. The minimum absolute atomic E-state index is 0.187. The zero-order valence-corrected chi connectivity index (χ0v) is 33.8. The van der Waals surface area contributed by atoms with Gasteiger partial charge in [0.1, 0.15) is 24.4 Å². The third kappa shape index (κ3) is 26.0. The van der Waals surface area contributed by atoms with Crippen LogP contribution in [0.1, 0.15) is 181 Å². The third-order valence-corrected chi connectivity index (χ3v) is 10.2. The molecule has 1 fully saturated rings. The predicted molar refractivity (Wildman–Crippen MR) is 216 cm³/mol. The number of aliphatic hydroxyl groups is 5. The molecule has 6 N–H and O–H groups in total. The van der Waals surface area contributed by atoms with Crippen LogP contribution in [0.5, 0.6) is 0 Å². The normalized spacial score (nSPS) is 22.0. The molecule has 7 unspecified atom stereocenters. The van der Waals surface area contributed by atoms with E-state index in [0.29, 0.717) is 6.42 Å². The topological polar surface area (TPSA) is 149 Å². The van der Waals surface area contributed by atoms with Crippen LogP contribution in [-0.2, 0) is 14.3 Å². The summed E-state index contributed by atoms with van der Waals surface area (Å²) in [6.07, 6.45) is 34.6. The van der Waals surface area contributed by atoms with Crippen molar-refractivity contribution < 1.29 is 39.8 Å². The summed E-state index contributed by atoms with van der Waals surface area (Å²) in [4.78, 5) is 12.9. The van der Waals surface area contributed by atoms with Crippen molar-refractivity contribution in [1.82, 2.24) is 5.32 Å². The monoisotopic (exact) mass is 752 g/mol. The van der Waals surface area contributed by atoms with E-state index in [-0.39, 0.29) is 12.5 Å². The number of ether oxygens (including phenoxy) is 2. The van der Waals surface area contributed by atoms with Crippen LogP contribution in [0.25, 0.3) is 0 Å². The van der Waals surface area contributed by atoms with Gasteiger partial charge in [0.2, 0.25) is 5.91 Å². The number of rotatable bonds is 35. The van der Waals surface area contributed by atoms with E-state index < -0.39 is 49.5 Å². The highest BCUT2D eigenvalue weighted by atomic mass is 16.7. The lowest BCUT2D eigenvalue weighted by atomic mass is 9.99. The molecule has 0 spiro atoms. The molecule has 1 saturated heterocycles. The van der Waals surface area contributed by atoms with Crippen molar-refractivity contribution in [3.05, 3.63) is 36.5 Å². The number of nitrogens with one attached hydrogen (secondary N) is 1. The maximum absolute atomic E-state index is 12.9. The van der Waals surface area contributed by atoms with E-state index in [1.165, 1.54) is 103 Å². The molecule has 9 heteroatoms. The first-order valence-corrected chi connectivity index (χ1v) is 21.7. The van der Waals surface area contributed by atoms with Crippen LogP contribution in [0.15, 0.2) is 36.5 Å². The zero-order chi connectivity index (χ0) is 38.8. The van der Waals surface area contributed by atoms with Crippen molar-refractivity contribution in [3.8, 4) is 0 Å². The maximum atomic E-state index is 12.9. The average Bonchev–Trinajstić information content (AvgIpc) is 3.16. The second-order valence-corrected chi connectivity index (χ2v) is 15.1. The second kappa shape index (κ2) is 34.9. The minimum atomic E-state index is -1.57. The summed E-state index contributed by atoms with van der Waals surface area (Å²) in [6, 6.07) is -0.806. The molecule has 1 amide bonds. The van der Waals surface area contributed by atoms with Crippen LogP contribution in [0.3, 0.4) is 0 Å². The molecule has 0 aromatic heterocycles. The summed E-state index contributed by atoms with van der Waals surface area (Å²) >= 11 is 0. The number of unbranched alkanes of at least 4 members (excludes halogenated alkanes) is 21. The van der Waals surface area contributed by atoms with Crippen LogP contribution in [0.4, 0.5) is 0 Å². The molecule has 7 atom stereocenters. The number of allylic oxidation sites excluding steroid dienone is 5. The van der Waals surface area contributed by atoms with Crippen LogP contribution in [-0.4, -0.2) is 87.5 Å². The van der Waals surface area contributed by atoms with Gasteiger partial charge in [0, 0.05) is 6.42 Å². The molecule has 0 aliphatic carbocycles. The zero-order valence-electron chi connectivity index (χ0n) is 33.8. The largest absolute Gasteiger partial charge is 0.394 e. The van der Waals surface area contributed by atoms with Crippen LogP contribution < -0.4 is 5.32 Å². The molecule has 1 heterocycles. The highest BCUT2D eigenvalue weighted by molar-refractivity contribution is 5.76. The Morgan fingerprint density at radius 2 is 1.11 bits per heavy atom. The number of hydrogen-bond donors (Lipinski definition) is 6. The Hall–Kier alpha value is -1.59. The Balaban J connectivity index is 2.39. The van der Waals surface area contributed by atoms with Crippen molar-refractivity contribution in [3.63, 3.8) is 0 Å². The Kier molecular flexibility index (Phi) is 32.5. The summed E-state index contributed by atoms with van der Waals surface area (Å²) in [6.45, 7) is 3.72. The summed E-state index contributed by atoms with van der Waals surface area (Å²) in [7, 11) is 0. The molecule has 1 aliphatic heterocycles. The molecular weight excluding hydrogens is 670 g/mol. The maximum Gasteiger partial charge on any atom is 0.220 e. The molecule has 1 rings (SSSR count). The molecular formula is C44H81NO8. The van der Waals surface area contributed by atoms with E-state index in [1.54, 1.807) is 6.08 Å². The van der Waals surface area contributed by atoms with Crippen molar-refractivity contribution in [2.45, 2.75) is 224 Å². The SMILES string of the molecule is CCCCC/C=C\C/C=C\CCCCCCCCCC(=O)NC(COC1OC(CO)C(O)C(O)C1O)C(O)/C=C/CCCCCCCCCCCCC. The van der Waals surface area contributed by atoms with Crippen molar-refractivity contribution in [1.29, 1.82) is 0 Å². The fourth-order valence-electron chi connectivity index (χ4n) is 6.65. The van der Waals surface area contributed by atoms with Crippen LogP contribution in [0.2, 0.25) is 0 Å². The standard InChI is InChI=1S/C44H81NO8/c1-3-5-7-9-11-13-15-17-18-19-20-22-24-26-28-30-32-34-40(48)45-37(36-52-44-43(51)42(50)41(49)39(35-46)53-44)38(47)33-31-29-27-25-23-21-16-14-12-10-8-6-4-2/h11,13,17-18,31,33,37-39,41-44,46-47,49-51H,3-10,12,14-16,19-30,32,34-36H2,1-2H3,(H,45,48)/b13-11-,18-17-,33-31+. The average molecular weight is 752 g/mol. The lowest BCUT2D eigenvalue weighted by Crippen LogP contribution is -2.60. The number of amides is 1. The van der Waals surface area contributed by atoms with E-state index in [1.807, 2.05) is 6.08 Å².